The Morgan fingerprint density at radius 3 is 2.61 bits per heavy atom. The third-order valence-corrected chi connectivity index (χ3v) is 3.09. The summed E-state index contributed by atoms with van der Waals surface area (Å²) in [4.78, 5) is 13.3. The van der Waals surface area contributed by atoms with Gasteiger partial charge in [0.2, 0.25) is 0 Å². The molecule has 2 N–H and O–H groups in total. The first-order valence-electron chi connectivity index (χ1n) is 6.07. The first kappa shape index (κ1) is 14.8. The number of hydrogen-bond donors (Lipinski definition) is 2. The van der Waals surface area contributed by atoms with Gasteiger partial charge in [0.1, 0.15) is 0 Å². The van der Waals surface area contributed by atoms with Crippen molar-refractivity contribution in [1.82, 2.24) is 4.90 Å². The molecule has 4 nitrogen and oxygen atoms in total. The molecule has 5 heteroatoms. The molecule has 0 atom stereocenters. The number of aromatic carboxylic acids is 1. The van der Waals surface area contributed by atoms with Crippen LogP contribution in [0, 0.1) is 0 Å². The lowest BCUT2D eigenvalue weighted by molar-refractivity contribution is 0.0698. The Labute approximate surface area is 113 Å². The molecule has 0 fully saturated rings. The second kappa shape index (κ2) is 7.24. The summed E-state index contributed by atoms with van der Waals surface area (Å²) < 4.78 is 0. The van der Waals surface area contributed by atoms with E-state index in [9.17, 15) is 4.79 Å². The van der Waals surface area contributed by atoms with Crippen LogP contribution in [0.15, 0.2) is 18.2 Å². The molecule has 18 heavy (non-hydrogen) atoms. The summed E-state index contributed by atoms with van der Waals surface area (Å²) in [6.07, 6.45) is 0. The van der Waals surface area contributed by atoms with Gasteiger partial charge >= 0.3 is 5.97 Å². The van der Waals surface area contributed by atoms with Crippen LogP contribution in [0.2, 0.25) is 5.02 Å². The third kappa shape index (κ3) is 4.20. The fourth-order valence-corrected chi connectivity index (χ4v) is 1.91. The van der Waals surface area contributed by atoms with E-state index >= 15 is 0 Å². The van der Waals surface area contributed by atoms with Crippen molar-refractivity contribution >= 4 is 23.3 Å². The second-order valence-corrected chi connectivity index (χ2v) is 4.39. The number of carboxylic acid groups (broad SMARTS) is 1. The van der Waals surface area contributed by atoms with Crippen molar-refractivity contribution in [2.75, 3.05) is 31.5 Å². The molecule has 0 spiro atoms. The van der Waals surface area contributed by atoms with Crippen LogP contribution in [0.3, 0.4) is 0 Å². The molecule has 0 aliphatic heterocycles. The van der Waals surface area contributed by atoms with E-state index in [2.05, 4.69) is 24.1 Å². The molecule has 1 aromatic carbocycles. The minimum atomic E-state index is -0.970. The van der Waals surface area contributed by atoms with E-state index < -0.39 is 5.97 Å². The number of anilines is 1. The molecule has 0 aromatic heterocycles. The molecule has 0 heterocycles. The SMILES string of the molecule is CCN(CC)CCNc1ccc(Cl)cc1C(=O)O. The van der Waals surface area contributed by atoms with Crippen molar-refractivity contribution in [3.8, 4) is 0 Å². The summed E-state index contributed by atoms with van der Waals surface area (Å²) in [5, 5.41) is 12.7. The molecule has 1 rings (SSSR count). The standard InChI is InChI=1S/C13H19ClN2O2/c1-3-16(4-2)8-7-15-12-6-5-10(14)9-11(12)13(17)18/h5-6,9,15H,3-4,7-8H2,1-2H3,(H,17,18). The monoisotopic (exact) mass is 270 g/mol. The fraction of sp³-hybridized carbons (Fsp3) is 0.462. The normalized spacial score (nSPS) is 10.7. The quantitative estimate of drug-likeness (QED) is 0.800. The maximum atomic E-state index is 11.1. The second-order valence-electron chi connectivity index (χ2n) is 3.95. The van der Waals surface area contributed by atoms with Gasteiger partial charge in [0.15, 0.2) is 0 Å². The van der Waals surface area contributed by atoms with Crippen LogP contribution < -0.4 is 5.32 Å². The van der Waals surface area contributed by atoms with Crippen molar-refractivity contribution in [2.45, 2.75) is 13.8 Å². The van der Waals surface area contributed by atoms with Crippen molar-refractivity contribution in [3.63, 3.8) is 0 Å². The number of likely N-dealkylation sites (N-methyl/N-ethyl adjacent to an activating group) is 1. The summed E-state index contributed by atoms with van der Waals surface area (Å²) in [5.41, 5.74) is 0.820. The molecule has 0 aliphatic rings. The summed E-state index contributed by atoms with van der Waals surface area (Å²) >= 11 is 5.79. The minimum absolute atomic E-state index is 0.210. The highest BCUT2D eigenvalue weighted by Crippen LogP contribution is 2.20. The number of benzene rings is 1. The van der Waals surface area contributed by atoms with Crippen LogP contribution in [-0.2, 0) is 0 Å². The van der Waals surface area contributed by atoms with Gasteiger partial charge in [0.25, 0.3) is 0 Å². The number of carbonyl (C=O) groups is 1. The molecule has 0 aliphatic carbocycles. The van der Waals surface area contributed by atoms with E-state index in [4.69, 9.17) is 16.7 Å². The third-order valence-electron chi connectivity index (χ3n) is 2.85. The zero-order chi connectivity index (χ0) is 13.5. The lowest BCUT2D eigenvalue weighted by Crippen LogP contribution is -2.28. The first-order valence-corrected chi connectivity index (χ1v) is 6.45. The van der Waals surface area contributed by atoms with Gasteiger partial charge in [-0.1, -0.05) is 25.4 Å². The lowest BCUT2D eigenvalue weighted by atomic mass is 10.2. The van der Waals surface area contributed by atoms with Gasteiger partial charge in [0, 0.05) is 23.8 Å². The molecular formula is C13H19ClN2O2. The topological polar surface area (TPSA) is 52.6 Å². The summed E-state index contributed by atoms with van der Waals surface area (Å²) in [6.45, 7) is 7.79. The number of hydrogen-bond acceptors (Lipinski definition) is 3. The van der Waals surface area contributed by atoms with E-state index in [1.54, 1.807) is 12.1 Å². The van der Waals surface area contributed by atoms with Gasteiger partial charge in [-0.3, -0.25) is 0 Å². The average molecular weight is 271 g/mol. The van der Waals surface area contributed by atoms with Crippen LogP contribution in [0.5, 0.6) is 0 Å². The minimum Gasteiger partial charge on any atom is -0.478 e. The summed E-state index contributed by atoms with van der Waals surface area (Å²) in [5.74, 6) is -0.970. The van der Waals surface area contributed by atoms with Gasteiger partial charge < -0.3 is 15.3 Å². The largest absolute Gasteiger partial charge is 0.478 e. The average Bonchev–Trinajstić information content (AvgIpc) is 2.36. The number of nitrogens with one attached hydrogen (secondary N) is 1. The smallest absolute Gasteiger partial charge is 0.337 e. The predicted molar refractivity (Wildman–Crippen MR) is 74.7 cm³/mol. The van der Waals surface area contributed by atoms with Crippen LogP contribution in [0.1, 0.15) is 24.2 Å². The highest BCUT2D eigenvalue weighted by Gasteiger charge is 2.10. The molecular weight excluding hydrogens is 252 g/mol. The first-order chi connectivity index (χ1) is 8.58. The molecule has 0 amide bonds. The number of nitrogens with zero attached hydrogens (tertiary/aromatic N) is 1. The molecule has 1 aromatic rings. The zero-order valence-electron chi connectivity index (χ0n) is 10.7. The predicted octanol–water partition coefficient (Wildman–Crippen LogP) is 2.79. The Hall–Kier alpha value is -1.26. The molecule has 0 radical (unpaired) electrons. The Kier molecular flexibility index (Phi) is 5.95. The maximum Gasteiger partial charge on any atom is 0.337 e. The van der Waals surface area contributed by atoms with Gasteiger partial charge in [-0.15, -0.1) is 0 Å². The van der Waals surface area contributed by atoms with Gasteiger partial charge in [-0.25, -0.2) is 4.79 Å². The van der Waals surface area contributed by atoms with E-state index in [-0.39, 0.29) is 5.56 Å². The zero-order valence-corrected chi connectivity index (χ0v) is 11.5. The Morgan fingerprint density at radius 1 is 1.39 bits per heavy atom. The highest BCUT2D eigenvalue weighted by molar-refractivity contribution is 6.31. The Bertz CT molecular complexity index is 406. The van der Waals surface area contributed by atoms with Gasteiger partial charge in [-0.05, 0) is 31.3 Å². The Morgan fingerprint density at radius 2 is 2.06 bits per heavy atom. The van der Waals surface area contributed by atoms with E-state index in [0.29, 0.717) is 17.3 Å². The summed E-state index contributed by atoms with van der Waals surface area (Å²) in [6, 6.07) is 4.85. The molecule has 0 bridgehead atoms. The van der Waals surface area contributed by atoms with Gasteiger partial charge in [-0.2, -0.15) is 0 Å². The molecule has 0 saturated carbocycles. The number of halogens is 1. The van der Waals surface area contributed by atoms with Crippen LogP contribution in [0.25, 0.3) is 0 Å². The summed E-state index contributed by atoms with van der Waals surface area (Å²) in [7, 11) is 0. The van der Waals surface area contributed by atoms with Crippen LogP contribution in [0.4, 0.5) is 5.69 Å². The van der Waals surface area contributed by atoms with E-state index in [1.165, 1.54) is 6.07 Å². The number of rotatable bonds is 7. The van der Waals surface area contributed by atoms with Crippen molar-refractivity contribution in [1.29, 1.82) is 0 Å². The molecule has 0 unspecified atom stereocenters. The molecule has 0 saturated heterocycles. The van der Waals surface area contributed by atoms with E-state index in [0.717, 1.165) is 19.6 Å². The fourth-order valence-electron chi connectivity index (χ4n) is 1.74. The van der Waals surface area contributed by atoms with Crippen molar-refractivity contribution < 1.29 is 9.90 Å². The molecule has 100 valence electrons. The van der Waals surface area contributed by atoms with Crippen molar-refractivity contribution in [3.05, 3.63) is 28.8 Å². The highest BCUT2D eigenvalue weighted by atomic mass is 35.5. The lowest BCUT2D eigenvalue weighted by Gasteiger charge is -2.19. The number of carboxylic acids is 1. The Balaban J connectivity index is 2.64. The van der Waals surface area contributed by atoms with Gasteiger partial charge in [0.05, 0.1) is 5.56 Å². The maximum absolute atomic E-state index is 11.1. The van der Waals surface area contributed by atoms with E-state index in [1.807, 2.05) is 0 Å². The van der Waals surface area contributed by atoms with Crippen LogP contribution in [-0.4, -0.2) is 42.2 Å². The van der Waals surface area contributed by atoms with Crippen LogP contribution >= 0.6 is 11.6 Å². The van der Waals surface area contributed by atoms with Crippen molar-refractivity contribution in [2.24, 2.45) is 0 Å².